The summed E-state index contributed by atoms with van der Waals surface area (Å²) in [5, 5.41) is 9.24. The van der Waals surface area contributed by atoms with Crippen molar-refractivity contribution in [3.8, 4) is 11.1 Å². The SMILES string of the molecule is CC1COC(CO)CN1C(=O)c1occc1-c1ccc(F)cc1. The third-order valence-corrected chi connectivity index (χ3v) is 3.98. The van der Waals surface area contributed by atoms with Gasteiger partial charge in [0.1, 0.15) is 5.82 Å². The van der Waals surface area contributed by atoms with Gasteiger partial charge in [0.2, 0.25) is 0 Å². The second kappa shape index (κ2) is 6.52. The van der Waals surface area contributed by atoms with Gasteiger partial charge < -0.3 is 19.2 Å². The molecule has 6 heteroatoms. The number of furan rings is 1. The minimum absolute atomic E-state index is 0.114. The molecule has 3 rings (SSSR count). The molecule has 1 amide bonds. The summed E-state index contributed by atoms with van der Waals surface area (Å²) >= 11 is 0. The van der Waals surface area contributed by atoms with Gasteiger partial charge in [-0.2, -0.15) is 0 Å². The first-order valence-electron chi connectivity index (χ1n) is 7.47. The maximum absolute atomic E-state index is 13.1. The van der Waals surface area contributed by atoms with E-state index < -0.39 is 0 Å². The van der Waals surface area contributed by atoms with Gasteiger partial charge in [0.25, 0.3) is 5.91 Å². The third-order valence-electron chi connectivity index (χ3n) is 3.98. The minimum atomic E-state index is -0.389. The number of halogens is 1. The quantitative estimate of drug-likeness (QED) is 0.943. The summed E-state index contributed by atoms with van der Waals surface area (Å²) in [5.41, 5.74) is 1.33. The van der Waals surface area contributed by atoms with Crippen LogP contribution < -0.4 is 0 Å². The van der Waals surface area contributed by atoms with Crippen molar-refractivity contribution in [2.75, 3.05) is 19.8 Å². The van der Waals surface area contributed by atoms with Crippen LogP contribution in [0.25, 0.3) is 11.1 Å². The Morgan fingerprint density at radius 3 is 2.78 bits per heavy atom. The lowest BCUT2D eigenvalue weighted by atomic mass is 10.0. The fraction of sp³-hybridized carbons (Fsp3) is 0.353. The third kappa shape index (κ3) is 3.13. The molecule has 5 nitrogen and oxygen atoms in total. The van der Waals surface area contributed by atoms with E-state index >= 15 is 0 Å². The number of carbonyl (C=O) groups is 1. The van der Waals surface area contributed by atoms with Crippen LogP contribution in [-0.2, 0) is 4.74 Å². The zero-order valence-corrected chi connectivity index (χ0v) is 12.7. The Morgan fingerprint density at radius 2 is 2.09 bits per heavy atom. The van der Waals surface area contributed by atoms with E-state index in [1.54, 1.807) is 23.1 Å². The van der Waals surface area contributed by atoms with Crippen molar-refractivity contribution in [2.45, 2.75) is 19.1 Å². The molecule has 1 aliphatic heterocycles. The van der Waals surface area contributed by atoms with Gasteiger partial charge in [-0.15, -0.1) is 0 Å². The van der Waals surface area contributed by atoms with E-state index in [4.69, 9.17) is 9.15 Å². The van der Waals surface area contributed by atoms with Gasteiger partial charge in [0.05, 0.1) is 31.6 Å². The van der Waals surface area contributed by atoms with Gasteiger partial charge in [0, 0.05) is 12.1 Å². The standard InChI is InChI=1S/C17H18FNO4/c1-11-10-23-14(9-20)8-19(11)17(21)16-15(6-7-22-16)12-2-4-13(18)5-3-12/h2-7,11,14,20H,8-10H2,1H3. The number of benzene rings is 1. The maximum Gasteiger partial charge on any atom is 0.290 e. The lowest BCUT2D eigenvalue weighted by molar-refractivity contribution is -0.0673. The molecule has 1 fully saturated rings. The van der Waals surface area contributed by atoms with Crippen molar-refractivity contribution in [1.29, 1.82) is 0 Å². The van der Waals surface area contributed by atoms with Crippen LogP contribution in [0.5, 0.6) is 0 Å². The molecular formula is C17H18FNO4. The molecule has 1 N–H and O–H groups in total. The topological polar surface area (TPSA) is 62.9 Å². The molecule has 1 saturated heterocycles. The number of hydrogen-bond donors (Lipinski definition) is 1. The molecule has 0 spiro atoms. The number of aliphatic hydroxyl groups excluding tert-OH is 1. The highest BCUT2D eigenvalue weighted by Gasteiger charge is 2.32. The van der Waals surface area contributed by atoms with Crippen LogP contribution in [0, 0.1) is 5.82 Å². The predicted molar refractivity (Wildman–Crippen MR) is 81.4 cm³/mol. The maximum atomic E-state index is 13.1. The Balaban J connectivity index is 1.88. The highest BCUT2D eigenvalue weighted by atomic mass is 19.1. The summed E-state index contributed by atoms with van der Waals surface area (Å²) in [6, 6.07) is 7.48. The zero-order chi connectivity index (χ0) is 16.4. The largest absolute Gasteiger partial charge is 0.459 e. The molecule has 23 heavy (non-hydrogen) atoms. The van der Waals surface area contributed by atoms with Gasteiger partial charge in [-0.3, -0.25) is 4.79 Å². The van der Waals surface area contributed by atoms with Crippen molar-refractivity contribution >= 4 is 5.91 Å². The van der Waals surface area contributed by atoms with Crippen molar-refractivity contribution in [2.24, 2.45) is 0 Å². The van der Waals surface area contributed by atoms with Crippen molar-refractivity contribution < 1.29 is 23.4 Å². The number of rotatable bonds is 3. The van der Waals surface area contributed by atoms with Crippen LogP contribution in [0.15, 0.2) is 41.0 Å². The number of carbonyl (C=O) groups excluding carboxylic acids is 1. The van der Waals surface area contributed by atoms with E-state index in [9.17, 15) is 14.3 Å². The van der Waals surface area contributed by atoms with Crippen LogP contribution in [-0.4, -0.2) is 47.8 Å². The molecule has 2 atom stereocenters. The van der Waals surface area contributed by atoms with Crippen LogP contribution in [0.4, 0.5) is 4.39 Å². The summed E-state index contributed by atoms with van der Waals surface area (Å²) < 4.78 is 23.9. The lowest BCUT2D eigenvalue weighted by Gasteiger charge is -2.37. The van der Waals surface area contributed by atoms with E-state index in [0.29, 0.717) is 24.3 Å². The molecular weight excluding hydrogens is 301 g/mol. The van der Waals surface area contributed by atoms with Crippen molar-refractivity contribution in [1.82, 2.24) is 4.90 Å². The van der Waals surface area contributed by atoms with E-state index in [-0.39, 0.29) is 36.2 Å². The normalized spacial score (nSPS) is 21.4. The van der Waals surface area contributed by atoms with E-state index in [1.807, 2.05) is 6.92 Å². The number of aliphatic hydroxyl groups is 1. The molecule has 2 aromatic rings. The Morgan fingerprint density at radius 1 is 1.35 bits per heavy atom. The molecule has 0 aliphatic carbocycles. The predicted octanol–water partition coefficient (Wildman–Crippen LogP) is 2.31. The Hall–Kier alpha value is -2.18. The lowest BCUT2D eigenvalue weighted by Crippen LogP contribution is -2.52. The summed E-state index contributed by atoms with van der Waals surface area (Å²) in [6.07, 6.45) is 1.06. The van der Waals surface area contributed by atoms with Crippen LogP contribution >= 0.6 is 0 Å². The first-order valence-corrected chi connectivity index (χ1v) is 7.47. The van der Waals surface area contributed by atoms with Gasteiger partial charge in [-0.05, 0) is 30.7 Å². The van der Waals surface area contributed by atoms with Crippen LogP contribution in [0.2, 0.25) is 0 Å². The van der Waals surface area contributed by atoms with Crippen LogP contribution in [0.1, 0.15) is 17.5 Å². The van der Waals surface area contributed by atoms with Crippen LogP contribution in [0.3, 0.4) is 0 Å². The molecule has 1 aromatic carbocycles. The number of hydrogen-bond acceptors (Lipinski definition) is 4. The van der Waals surface area contributed by atoms with Gasteiger partial charge in [-0.1, -0.05) is 12.1 Å². The smallest absolute Gasteiger partial charge is 0.290 e. The summed E-state index contributed by atoms with van der Waals surface area (Å²) in [7, 11) is 0. The first-order chi connectivity index (χ1) is 11.1. The number of ether oxygens (including phenoxy) is 1. The molecule has 1 aromatic heterocycles. The number of nitrogens with zero attached hydrogens (tertiary/aromatic N) is 1. The van der Waals surface area contributed by atoms with Gasteiger partial charge >= 0.3 is 0 Å². The second-order valence-corrected chi connectivity index (χ2v) is 5.61. The average Bonchev–Trinajstić information content (AvgIpc) is 3.05. The molecule has 2 heterocycles. The monoisotopic (exact) mass is 319 g/mol. The molecule has 0 radical (unpaired) electrons. The molecule has 2 unspecified atom stereocenters. The molecule has 0 saturated carbocycles. The zero-order valence-electron chi connectivity index (χ0n) is 12.7. The fourth-order valence-corrected chi connectivity index (χ4v) is 2.67. The number of morpholine rings is 1. The van der Waals surface area contributed by atoms with Gasteiger partial charge in [0.15, 0.2) is 5.76 Å². The summed E-state index contributed by atoms with van der Waals surface area (Å²) in [4.78, 5) is 14.4. The van der Waals surface area contributed by atoms with E-state index in [0.717, 1.165) is 0 Å². The molecule has 122 valence electrons. The minimum Gasteiger partial charge on any atom is -0.459 e. The summed E-state index contributed by atoms with van der Waals surface area (Å²) in [6.45, 7) is 2.41. The van der Waals surface area contributed by atoms with Gasteiger partial charge in [-0.25, -0.2) is 4.39 Å². The van der Waals surface area contributed by atoms with Crippen molar-refractivity contribution in [3.63, 3.8) is 0 Å². The summed E-state index contributed by atoms with van der Waals surface area (Å²) in [5.74, 6) is -0.386. The number of amides is 1. The van der Waals surface area contributed by atoms with E-state index in [2.05, 4.69) is 0 Å². The van der Waals surface area contributed by atoms with Crippen molar-refractivity contribution in [3.05, 3.63) is 48.2 Å². The average molecular weight is 319 g/mol. The molecule has 1 aliphatic rings. The van der Waals surface area contributed by atoms with E-state index in [1.165, 1.54) is 18.4 Å². The first kappa shape index (κ1) is 15.7. The highest BCUT2D eigenvalue weighted by molar-refractivity contribution is 5.98. The fourth-order valence-electron chi connectivity index (χ4n) is 2.67. The molecule has 0 bridgehead atoms. The Labute approximate surface area is 133 Å². The Bertz CT molecular complexity index is 682. The second-order valence-electron chi connectivity index (χ2n) is 5.61. The highest BCUT2D eigenvalue weighted by Crippen LogP contribution is 2.27. The Kier molecular flexibility index (Phi) is 4.45.